The molecule has 2 heterocycles. The lowest BCUT2D eigenvalue weighted by atomic mass is 10.0. The molecule has 6 nitrogen and oxygen atoms in total. The number of nitrogens with one attached hydrogen (secondary N) is 1. The Kier molecular flexibility index (Phi) is 5.14. The van der Waals surface area contributed by atoms with Gasteiger partial charge in [0.25, 0.3) is 5.91 Å². The number of hydrogen-bond donors (Lipinski definition) is 1. The molecule has 1 aliphatic carbocycles. The van der Waals surface area contributed by atoms with Crippen LogP contribution in [0.4, 0.5) is 18.9 Å². The molecule has 3 aromatic rings. The molecule has 2 amide bonds. The molecule has 2 fully saturated rings. The van der Waals surface area contributed by atoms with Gasteiger partial charge in [-0.3, -0.25) is 9.59 Å². The molecule has 1 saturated heterocycles. The smallest absolute Gasteiger partial charge is 0.321 e. The maximum atomic E-state index is 13.5. The minimum Gasteiger partial charge on any atom is -0.346 e. The van der Waals surface area contributed by atoms with Crippen molar-refractivity contribution in [2.75, 3.05) is 4.90 Å². The molecule has 33 heavy (non-hydrogen) atoms. The number of alkyl halides is 2. The summed E-state index contributed by atoms with van der Waals surface area (Å²) in [5, 5.41) is 7.57. The van der Waals surface area contributed by atoms with Crippen LogP contribution in [-0.4, -0.2) is 39.6 Å². The third-order valence-electron chi connectivity index (χ3n) is 6.35. The van der Waals surface area contributed by atoms with E-state index in [1.54, 1.807) is 34.0 Å². The molecule has 1 unspecified atom stereocenters. The molecular formula is C24H23F3N4O2. The van der Waals surface area contributed by atoms with Gasteiger partial charge < -0.3 is 10.2 Å². The topological polar surface area (TPSA) is 67.2 Å². The lowest BCUT2D eigenvalue weighted by Crippen LogP contribution is -2.49. The number of aromatic nitrogens is 2. The van der Waals surface area contributed by atoms with Crippen LogP contribution < -0.4 is 10.2 Å². The maximum Gasteiger partial charge on any atom is 0.321 e. The second-order valence-electron chi connectivity index (χ2n) is 8.96. The third-order valence-corrected chi connectivity index (χ3v) is 6.35. The number of hydrogen-bond acceptors (Lipinski definition) is 3. The first-order chi connectivity index (χ1) is 15.7. The van der Waals surface area contributed by atoms with Crippen LogP contribution in [0.1, 0.15) is 32.6 Å². The summed E-state index contributed by atoms with van der Waals surface area (Å²) in [5.41, 5.74) is 2.12. The Bertz CT molecular complexity index is 1210. The van der Waals surface area contributed by atoms with E-state index in [2.05, 4.69) is 10.4 Å². The van der Waals surface area contributed by atoms with Crippen molar-refractivity contribution in [3.8, 4) is 5.69 Å². The highest BCUT2D eigenvalue weighted by Crippen LogP contribution is 2.40. The summed E-state index contributed by atoms with van der Waals surface area (Å²) in [6.45, 7) is 0.555. The van der Waals surface area contributed by atoms with Gasteiger partial charge in [0.15, 0.2) is 0 Å². The monoisotopic (exact) mass is 456 g/mol. The fourth-order valence-electron chi connectivity index (χ4n) is 4.49. The van der Waals surface area contributed by atoms with E-state index in [-0.39, 0.29) is 24.2 Å². The van der Waals surface area contributed by atoms with E-state index < -0.39 is 17.9 Å². The van der Waals surface area contributed by atoms with E-state index in [9.17, 15) is 22.8 Å². The molecule has 1 aromatic heterocycles. The summed E-state index contributed by atoms with van der Waals surface area (Å²) < 4.78 is 41.9. The fraction of sp³-hybridized carbons (Fsp3) is 0.375. The van der Waals surface area contributed by atoms with E-state index in [1.165, 1.54) is 12.1 Å². The van der Waals surface area contributed by atoms with Crippen LogP contribution in [0.15, 0.2) is 48.7 Å². The summed E-state index contributed by atoms with van der Waals surface area (Å²) in [7, 11) is 0. The number of amides is 2. The predicted molar refractivity (Wildman–Crippen MR) is 117 cm³/mol. The van der Waals surface area contributed by atoms with E-state index in [1.807, 2.05) is 12.1 Å². The Balaban J connectivity index is 1.46. The molecule has 9 heteroatoms. The molecule has 1 aliphatic heterocycles. The molecule has 0 spiro atoms. The minimum absolute atomic E-state index is 0.0217. The lowest BCUT2D eigenvalue weighted by molar-refractivity contribution is -0.143. The minimum atomic E-state index is -3.51. The quantitative estimate of drug-likeness (QED) is 0.604. The molecule has 1 saturated carbocycles. The molecule has 172 valence electrons. The fourth-order valence-corrected chi connectivity index (χ4v) is 4.49. The largest absolute Gasteiger partial charge is 0.346 e. The van der Waals surface area contributed by atoms with Crippen LogP contribution in [0.3, 0.4) is 0 Å². The standard InChI is InChI=1S/C24H23F3N4O2/c1-24(26,27)23(33)29-19-12-22(32)30(21(19)10-14-2-3-14)18-8-9-20-15(11-18)13-28-31(20)17-6-4-16(25)5-7-17/h4-9,11,13-14,19,21H,2-3,10,12H2,1H3,(H,29,33)/t19?,21-/m1/s1. The SMILES string of the molecule is CC(F)(F)C(=O)NC1CC(=O)N(c2ccc3c(cnn3-c3ccc(F)cc3)c2)[C@@H]1CC1CC1. The van der Waals surface area contributed by atoms with Crippen molar-refractivity contribution in [3.05, 3.63) is 54.5 Å². The van der Waals surface area contributed by atoms with E-state index in [4.69, 9.17) is 0 Å². The lowest BCUT2D eigenvalue weighted by Gasteiger charge is -2.29. The highest BCUT2D eigenvalue weighted by Gasteiger charge is 2.46. The highest BCUT2D eigenvalue weighted by molar-refractivity contribution is 6.00. The van der Waals surface area contributed by atoms with Gasteiger partial charge in [0.1, 0.15) is 5.82 Å². The van der Waals surface area contributed by atoms with Crippen LogP contribution in [0.2, 0.25) is 0 Å². The van der Waals surface area contributed by atoms with Crippen LogP contribution in [0.5, 0.6) is 0 Å². The molecule has 2 aromatic carbocycles. The van der Waals surface area contributed by atoms with Gasteiger partial charge in [-0.15, -0.1) is 0 Å². The van der Waals surface area contributed by atoms with Crippen molar-refractivity contribution in [3.63, 3.8) is 0 Å². The van der Waals surface area contributed by atoms with E-state index in [0.29, 0.717) is 30.6 Å². The van der Waals surface area contributed by atoms with Crippen molar-refractivity contribution in [2.24, 2.45) is 5.92 Å². The van der Waals surface area contributed by atoms with E-state index in [0.717, 1.165) is 23.7 Å². The first kappa shape index (κ1) is 21.5. The summed E-state index contributed by atoms with van der Waals surface area (Å²) in [6.07, 6.45) is 4.36. The average Bonchev–Trinajstić information content (AvgIpc) is 3.40. The number of carbonyl (C=O) groups is 2. The number of benzene rings is 2. The van der Waals surface area contributed by atoms with Crippen molar-refractivity contribution < 1.29 is 22.8 Å². The van der Waals surface area contributed by atoms with Gasteiger partial charge in [0.05, 0.1) is 29.5 Å². The normalized spacial score (nSPS) is 21.1. The second kappa shape index (κ2) is 7.90. The first-order valence-corrected chi connectivity index (χ1v) is 11.0. The zero-order valence-corrected chi connectivity index (χ0v) is 18.0. The van der Waals surface area contributed by atoms with Crippen molar-refractivity contribution in [1.82, 2.24) is 15.1 Å². The molecule has 2 aliphatic rings. The zero-order chi connectivity index (χ0) is 23.3. The van der Waals surface area contributed by atoms with Gasteiger partial charge in [0, 0.05) is 24.4 Å². The van der Waals surface area contributed by atoms with Crippen LogP contribution in [-0.2, 0) is 9.59 Å². The van der Waals surface area contributed by atoms with Gasteiger partial charge in [0.2, 0.25) is 5.91 Å². The molecule has 0 radical (unpaired) electrons. The Hall–Kier alpha value is -3.36. The molecule has 5 rings (SSSR count). The zero-order valence-electron chi connectivity index (χ0n) is 18.0. The van der Waals surface area contributed by atoms with Gasteiger partial charge in [-0.05, 0) is 54.8 Å². The molecular weight excluding hydrogens is 433 g/mol. The number of nitrogens with zero attached hydrogens (tertiary/aromatic N) is 3. The number of carbonyl (C=O) groups excluding carboxylic acids is 2. The average molecular weight is 456 g/mol. The molecule has 0 bridgehead atoms. The Labute approximate surface area is 188 Å². The third kappa shape index (κ3) is 4.19. The summed E-state index contributed by atoms with van der Waals surface area (Å²) in [4.78, 5) is 26.5. The Morgan fingerprint density at radius 1 is 1.15 bits per heavy atom. The van der Waals surface area contributed by atoms with E-state index >= 15 is 0 Å². The first-order valence-electron chi connectivity index (χ1n) is 11.0. The molecule has 2 atom stereocenters. The van der Waals surface area contributed by atoms with Crippen molar-refractivity contribution in [1.29, 1.82) is 0 Å². The number of fused-ring (bicyclic) bond motifs is 1. The number of anilines is 1. The van der Waals surface area contributed by atoms with Gasteiger partial charge in [-0.2, -0.15) is 13.9 Å². The summed E-state index contributed by atoms with van der Waals surface area (Å²) in [5.74, 6) is -4.99. The van der Waals surface area contributed by atoms with Gasteiger partial charge in [-0.25, -0.2) is 9.07 Å². The van der Waals surface area contributed by atoms with Gasteiger partial charge in [-0.1, -0.05) is 12.8 Å². The predicted octanol–water partition coefficient (Wildman–Crippen LogP) is 4.21. The molecule has 1 N–H and O–H groups in total. The van der Waals surface area contributed by atoms with Gasteiger partial charge >= 0.3 is 5.92 Å². The number of rotatable bonds is 6. The van der Waals surface area contributed by atoms with Crippen LogP contribution in [0, 0.1) is 11.7 Å². The van der Waals surface area contributed by atoms with Crippen molar-refractivity contribution in [2.45, 2.75) is 50.6 Å². The Morgan fingerprint density at radius 3 is 2.52 bits per heavy atom. The maximum absolute atomic E-state index is 13.5. The van der Waals surface area contributed by atoms with Crippen molar-refractivity contribution >= 4 is 28.4 Å². The summed E-state index contributed by atoms with van der Waals surface area (Å²) >= 11 is 0. The highest BCUT2D eigenvalue weighted by atomic mass is 19.3. The summed E-state index contributed by atoms with van der Waals surface area (Å²) in [6, 6.07) is 10.4. The second-order valence-corrected chi connectivity index (χ2v) is 8.96. The van der Waals surface area contributed by atoms with Crippen LogP contribution in [0.25, 0.3) is 16.6 Å². The van der Waals surface area contributed by atoms with Crippen LogP contribution >= 0.6 is 0 Å². The number of halogens is 3. The Morgan fingerprint density at radius 2 is 1.85 bits per heavy atom.